The van der Waals surface area contributed by atoms with Crippen LogP contribution in [-0.2, 0) is 9.47 Å². The number of rotatable bonds is 37. The Bertz CT molecular complexity index is 682. The van der Waals surface area contributed by atoms with Crippen LogP contribution in [0.2, 0.25) is 0 Å². The van der Waals surface area contributed by atoms with Gasteiger partial charge in [-0.15, -0.1) is 0 Å². The fourth-order valence-corrected chi connectivity index (χ4v) is 7.36. The van der Waals surface area contributed by atoms with Gasteiger partial charge >= 0.3 is 0 Å². The zero-order valence-electron chi connectivity index (χ0n) is 33.8. The number of unbranched alkanes of at least 4 members (excludes halogenated alkanes) is 24. The number of allylic oxidation sites excluding steroid dienone is 4. The van der Waals surface area contributed by atoms with E-state index in [1.54, 1.807) is 0 Å². The highest BCUT2D eigenvalue weighted by atomic mass is 16.7. The summed E-state index contributed by atoms with van der Waals surface area (Å²) >= 11 is 0. The molecule has 0 aromatic heterocycles. The van der Waals surface area contributed by atoms with Crippen LogP contribution in [-0.4, -0.2) is 56.7 Å². The predicted molar refractivity (Wildman–Crippen MR) is 217 cm³/mol. The summed E-state index contributed by atoms with van der Waals surface area (Å²) in [5.74, 6) is -0.357. The molecule has 0 saturated carbocycles. The maximum Gasteiger partial charge on any atom is 0.178 e. The summed E-state index contributed by atoms with van der Waals surface area (Å²) in [6.07, 6.45) is 50.4. The lowest BCUT2D eigenvalue weighted by Gasteiger charge is -2.46. The van der Waals surface area contributed by atoms with Crippen LogP contribution in [0.1, 0.15) is 213 Å². The number of nitrogens with two attached hydrogens (primary N) is 1. The summed E-state index contributed by atoms with van der Waals surface area (Å²) in [7, 11) is 2.40. The molecule has 2 N–H and O–H groups in total. The fourth-order valence-electron chi connectivity index (χ4n) is 7.36. The molecule has 0 aliphatic carbocycles. The number of hydrogen-bond acceptors (Lipinski definition) is 3. The predicted octanol–water partition coefficient (Wildman–Crippen LogP) is 13.4. The molecule has 1 rings (SSSR count). The second-order valence-electron chi connectivity index (χ2n) is 15.9. The lowest BCUT2D eigenvalue weighted by molar-refractivity contribution is -0.918. The third-order valence-electron chi connectivity index (χ3n) is 11.0. The second kappa shape index (κ2) is 34.4. The van der Waals surface area contributed by atoms with Gasteiger partial charge in [-0.3, -0.25) is 0 Å². The molecule has 290 valence electrons. The van der Waals surface area contributed by atoms with E-state index in [9.17, 15) is 0 Å². The normalized spacial score (nSPS) is 16.0. The molecule has 0 aromatic rings. The first-order valence-corrected chi connectivity index (χ1v) is 22.2. The van der Waals surface area contributed by atoms with Crippen LogP contribution in [0.25, 0.3) is 0 Å². The van der Waals surface area contributed by atoms with Crippen LogP contribution in [0.15, 0.2) is 24.3 Å². The van der Waals surface area contributed by atoms with Gasteiger partial charge in [-0.2, -0.15) is 0 Å². The Morgan fingerprint density at radius 1 is 0.469 bits per heavy atom. The lowest BCUT2D eigenvalue weighted by Crippen LogP contribution is -2.57. The summed E-state index contributed by atoms with van der Waals surface area (Å²) in [5.41, 5.74) is 5.85. The first-order valence-electron chi connectivity index (χ1n) is 22.2. The van der Waals surface area contributed by atoms with Crippen molar-refractivity contribution in [1.82, 2.24) is 0 Å². The van der Waals surface area contributed by atoms with E-state index in [1.807, 2.05) is 0 Å². The number of likely N-dealkylation sites (tertiary alicyclic amines) is 1. The summed E-state index contributed by atoms with van der Waals surface area (Å²) < 4.78 is 14.4. The maximum absolute atomic E-state index is 6.64. The van der Waals surface area contributed by atoms with Crippen LogP contribution >= 0.6 is 0 Å². The first kappa shape index (κ1) is 46.3. The second-order valence-corrected chi connectivity index (χ2v) is 15.9. The molecule has 0 unspecified atom stereocenters. The van der Waals surface area contributed by atoms with Crippen molar-refractivity contribution in [3.63, 3.8) is 0 Å². The van der Waals surface area contributed by atoms with Gasteiger partial charge in [0.1, 0.15) is 0 Å². The van der Waals surface area contributed by atoms with Gasteiger partial charge in [0.15, 0.2) is 5.79 Å². The first-order chi connectivity index (χ1) is 24.1. The molecule has 0 bridgehead atoms. The lowest BCUT2D eigenvalue weighted by atomic mass is 10.0. The zero-order valence-corrected chi connectivity index (χ0v) is 33.8. The molecule has 1 heterocycles. The average molecular weight is 690 g/mol. The Morgan fingerprint density at radius 3 is 1.14 bits per heavy atom. The standard InChI is InChI=1S/C45H89N2O2/c1-4-6-8-10-12-14-16-18-20-22-24-26-28-30-32-34-43-48-45(37-41-47(3,42-38-45)40-36-39-46)49-44-35-33-31-29-27-25-23-21-19-17-15-13-11-9-7-5-2/h18-21H,4-17,22-44,46H2,1-3H3/q+1/b20-18-,21-19-. The van der Waals surface area contributed by atoms with Crippen molar-refractivity contribution in [2.24, 2.45) is 5.73 Å². The van der Waals surface area contributed by atoms with Crippen molar-refractivity contribution in [2.45, 2.75) is 219 Å². The molecule has 1 aliphatic heterocycles. The number of piperidine rings is 1. The van der Waals surface area contributed by atoms with Crippen molar-refractivity contribution in [2.75, 3.05) is 46.4 Å². The molecule has 0 amide bonds. The van der Waals surface area contributed by atoms with E-state index in [-0.39, 0.29) is 5.79 Å². The quantitative estimate of drug-likeness (QED) is 0.0306. The van der Waals surface area contributed by atoms with Crippen LogP contribution in [0.3, 0.4) is 0 Å². The van der Waals surface area contributed by atoms with Gasteiger partial charge < -0.3 is 19.7 Å². The van der Waals surface area contributed by atoms with Crippen LogP contribution in [0, 0.1) is 0 Å². The van der Waals surface area contributed by atoms with Gasteiger partial charge in [0.2, 0.25) is 0 Å². The van der Waals surface area contributed by atoms with Crippen molar-refractivity contribution < 1.29 is 14.0 Å². The van der Waals surface area contributed by atoms with E-state index in [0.29, 0.717) is 0 Å². The average Bonchev–Trinajstić information content (AvgIpc) is 3.11. The third kappa shape index (κ3) is 28.6. The minimum Gasteiger partial charge on any atom is -0.349 e. The summed E-state index contributed by atoms with van der Waals surface area (Å²) in [4.78, 5) is 0. The molecule has 1 saturated heterocycles. The molecule has 4 heteroatoms. The zero-order chi connectivity index (χ0) is 35.4. The van der Waals surface area contributed by atoms with Gasteiger partial charge in [0.05, 0.1) is 52.7 Å². The molecule has 0 radical (unpaired) electrons. The maximum atomic E-state index is 6.64. The van der Waals surface area contributed by atoms with Crippen molar-refractivity contribution in [1.29, 1.82) is 0 Å². The summed E-state index contributed by atoms with van der Waals surface area (Å²) in [6, 6.07) is 0. The van der Waals surface area contributed by atoms with E-state index < -0.39 is 0 Å². The van der Waals surface area contributed by atoms with Crippen LogP contribution in [0.5, 0.6) is 0 Å². The van der Waals surface area contributed by atoms with Gasteiger partial charge in [0.25, 0.3) is 0 Å². The molecule has 0 atom stereocenters. The summed E-state index contributed by atoms with van der Waals surface area (Å²) in [5, 5.41) is 0. The topological polar surface area (TPSA) is 44.5 Å². The highest BCUT2D eigenvalue weighted by Crippen LogP contribution is 2.32. The largest absolute Gasteiger partial charge is 0.349 e. The number of hydrogen-bond donors (Lipinski definition) is 1. The highest BCUT2D eigenvalue weighted by molar-refractivity contribution is 4.82. The summed E-state index contributed by atoms with van der Waals surface area (Å²) in [6.45, 7) is 10.5. The van der Waals surface area contributed by atoms with Gasteiger partial charge in [-0.1, -0.05) is 154 Å². The SMILES string of the molecule is CCCCCCCC/C=C\CCCCCCCCOC1(OCCCCCCCC/C=C\CCCCCCCC)CC[N+](C)(CCCN)CC1. The number of nitrogens with zero attached hydrogens (tertiary/aromatic N) is 1. The smallest absolute Gasteiger partial charge is 0.178 e. The number of ether oxygens (including phenoxy) is 2. The molecule has 1 aliphatic rings. The van der Waals surface area contributed by atoms with E-state index in [0.717, 1.165) is 69.4 Å². The monoisotopic (exact) mass is 690 g/mol. The van der Waals surface area contributed by atoms with Crippen molar-refractivity contribution in [3.8, 4) is 0 Å². The Labute approximate surface area is 308 Å². The fraction of sp³-hybridized carbons (Fsp3) is 0.911. The highest BCUT2D eigenvalue weighted by Gasteiger charge is 2.42. The number of quaternary nitrogens is 1. The van der Waals surface area contributed by atoms with Crippen molar-refractivity contribution >= 4 is 0 Å². The molecule has 49 heavy (non-hydrogen) atoms. The van der Waals surface area contributed by atoms with Crippen molar-refractivity contribution in [3.05, 3.63) is 24.3 Å². The Kier molecular flexibility index (Phi) is 32.5. The van der Waals surface area contributed by atoms with Gasteiger partial charge in [0, 0.05) is 6.42 Å². The van der Waals surface area contributed by atoms with E-state index in [2.05, 4.69) is 45.2 Å². The van der Waals surface area contributed by atoms with E-state index in [4.69, 9.17) is 15.2 Å². The van der Waals surface area contributed by atoms with Gasteiger partial charge in [-0.05, 0) is 70.8 Å². The van der Waals surface area contributed by atoms with E-state index in [1.165, 1.54) is 173 Å². The molecule has 0 aromatic carbocycles. The van der Waals surface area contributed by atoms with Crippen LogP contribution in [0.4, 0.5) is 0 Å². The molecule has 1 fully saturated rings. The minimum atomic E-state index is -0.357. The van der Waals surface area contributed by atoms with E-state index >= 15 is 0 Å². The molecular formula is C45H89N2O2+. The molecule has 0 spiro atoms. The Morgan fingerprint density at radius 2 is 0.796 bits per heavy atom. The third-order valence-corrected chi connectivity index (χ3v) is 11.0. The molecular weight excluding hydrogens is 601 g/mol. The molecule has 4 nitrogen and oxygen atoms in total. The van der Waals surface area contributed by atoms with Crippen LogP contribution < -0.4 is 5.73 Å². The minimum absolute atomic E-state index is 0.357. The Balaban J connectivity index is 2.15. The Hall–Kier alpha value is -0.680. The van der Waals surface area contributed by atoms with Gasteiger partial charge in [-0.25, -0.2) is 0 Å².